The molecule has 0 saturated heterocycles. The fraction of sp³-hybridized carbons (Fsp3) is 0.300. The molecule has 0 aromatic heterocycles. The minimum atomic E-state index is -0.0993. The van der Waals surface area contributed by atoms with E-state index in [4.69, 9.17) is 0 Å². The number of amides is 3. The van der Waals surface area contributed by atoms with Gasteiger partial charge in [0, 0.05) is 39.3 Å². The van der Waals surface area contributed by atoms with Crippen LogP contribution in [0.25, 0.3) is 0 Å². The molecule has 1 heterocycles. The Balaban J connectivity index is 1.59. The molecule has 0 saturated carbocycles. The van der Waals surface area contributed by atoms with Crippen molar-refractivity contribution in [3.8, 4) is 0 Å². The Morgan fingerprint density at radius 3 is 2.36 bits per heavy atom. The molecule has 5 nitrogen and oxygen atoms in total. The first-order chi connectivity index (χ1) is 12.0. The molecule has 5 heteroatoms. The second-order valence-electron chi connectivity index (χ2n) is 6.54. The van der Waals surface area contributed by atoms with Gasteiger partial charge in [-0.3, -0.25) is 4.79 Å². The molecule has 130 valence electrons. The summed E-state index contributed by atoms with van der Waals surface area (Å²) in [6.07, 6.45) is 1.13. The van der Waals surface area contributed by atoms with Crippen LogP contribution < -0.4 is 5.32 Å². The minimum absolute atomic E-state index is 0.0993. The Morgan fingerprint density at radius 1 is 1.04 bits per heavy atom. The van der Waals surface area contributed by atoms with Crippen LogP contribution in [-0.4, -0.2) is 35.8 Å². The predicted molar refractivity (Wildman–Crippen MR) is 98.2 cm³/mol. The van der Waals surface area contributed by atoms with Gasteiger partial charge in [-0.2, -0.15) is 0 Å². The van der Waals surface area contributed by atoms with E-state index in [2.05, 4.69) is 17.4 Å². The van der Waals surface area contributed by atoms with E-state index in [0.29, 0.717) is 25.9 Å². The van der Waals surface area contributed by atoms with Gasteiger partial charge in [-0.15, -0.1) is 0 Å². The van der Waals surface area contributed by atoms with Gasteiger partial charge in [0.1, 0.15) is 0 Å². The quantitative estimate of drug-likeness (QED) is 0.931. The zero-order valence-electron chi connectivity index (χ0n) is 14.7. The van der Waals surface area contributed by atoms with Crippen LogP contribution >= 0.6 is 0 Å². The van der Waals surface area contributed by atoms with Crippen molar-refractivity contribution in [2.24, 2.45) is 0 Å². The van der Waals surface area contributed by atoms with Crippen LogP contribution in [0.2, 0.25) is 0 Å². The molecule has 0 spiro atoms. The summed E-state index contributed by atoms with van der Waals surface area (Å²) in [6.45, 7) is 1.28. The average Bonchev–Trinajstić information content (AvgIpc) is 3.04. The van der Waals surface area contributed by atoms with Crippen molar-refractivity contribution in [1.29, 1.82) is 0 Å². The number of hydrogen-bond acceptors (Lipinski definition) is 2. The third kappa shape index (κ3) is 4.18. The molecule has 0 radical (unpaired) electrons. The molecule has 0 aliphatic carbocycles. The highest BCUT2D eigenvalue weighted by Crippen LogP contribution is 2.23. The molecule has 1 N–H and O–H groups in total. The SMILES string of the molecule is CN(C)C(=O)CCc1cccc(NC(=O)N2Cc3ccccc3C2)c1. The summed E-state index contributed by atoms with van der Waals surface area (Å²) in [5.74, 6) is 0.101. The van der Waals surface area contributed by atoms with Crippen molar-refractivity contribution in [1.82, 2.24) is 9.80 Å². The summed E-state index contributed by atoms with van der Waals surface area (Å²) in [5, 5.41) is 2.96. The van der Waals surface area contributed by atoms with Gasteiger partial charge in [0.05, 0.1) is 0 Å². The summed E-state index contributed by atoms with van der Waals surface area (Å²) in [4.78, 5) is 27.6. The lowest BCUT2D eigenvalue weighted by Gasteiger charge is -2.17. The normalized spacial score (nSPS) is 12.6. The highest BCUT2D eigenvalue weighted by Gasteiger charge is 2.22. The predicted octanol–water partition coefficient (Wildman–Crippen LogP) is 3.26. The first-order valence-electron chi connectivity index (χ1n) is 8.45. The average molecular weight is 337 g/mol. The Kier molecular flexibility index (Phi) is 5.03. The number of carbonyl (C=O) groups excluding carboxylic acids is 2. The largest absolute Gasteiger partial charge is 0.349 e. The third-order valence-corrected chi connectivity index (χ3v) is 4.43. The number of rotatable bonds is 4. The molecule has 0 fully saturated rings. The molecule has 1 aliphatic rings. The first kappa shape index (κ1) is 17.0. The second-order valence-corrected chi connectivity index (χ2v) is 6.54. The van der Waals surface area contributed by atoms with Crippen molar-refractivity contribution in [2.75, 3.05) is 19.4 Å². The lowest BCUT2D eigenvalue weighted by molar-refractivity contribution is -0.128. The van der Waals surface area contributed by atoms with E-state index in [1.807, 2.05) is 36.4 Å². The van der Waals surface area contributed by atoms with Gasteiger partial charge in [-0.1, -0.05) is 36.4 Å². The number of carbonyl (C=O) groups is 2. The number of anilines is 1. The maximum Gasteiger partial charge on any atom is 0.322 e. The summed E-state index contributed by atoms with van der Waals surface area (Å²) in [5.41, 5.74) is 4.20. The number of aryl methyl sites for hydroxylation is 1. The van der Waals surface area contributed by atoms with Crippen LogP contribution in [0.5, 0.6) is 0 Å². The highest BCUT2D eigenvalue weighted by molar-refractivity contribution is 5.89. The van der Waals surface area contributed by atoms with Crippen LogP contribution in [0, 0.1) is 0 Å². The Hall–Kier alpha value is -2.82. The van der Waals surface area contributed by atoms with E-state index < -0.39 is 0 Å². The molecule has 0 bridgehead atoms. The number of fused-ring (bicyclic) bond motifs is 1. The summed E-state index contributed by atoms with van der Waals surface area (Å²) in [7, 11) is 3.51. The number of nitrogens with zero attached hydrogens (tertiary/aromatic N) is 2. The van der Waals surface area contributed by atoms with Gasteiger partial charge < -0.3 is 15.1 Å². The van der Waals surface area contributed by atoms with Gasteiger partial charge in [0.15, 0.2) is 0 Å². The molecule has 25 heavy (non-hydrogen) atoms. The van der Waals surface area contributed by atoms with Gasteiger partial charge >= 0.3 is 6.03 Å². The van der Waals surface area contributed by atoms with Gasteiger partial charge in [-0.25, -0.2) is 4.79 Å². The molecule has 0 unspecified atom stereocenters. The van der Waals surface area contributed by atoms with Crippen molar-refractivity contribution in [3.63, 3.8) is 0 Å². The van der Waals surface area contributed by atoms with E-state index in [-0.39, 0.29) is 11.9 Å². The minimum Gasteiger partial charge on any atom is -0.349 e. The van der Waals surface area contributed by atoms with Crippen LogP contribution in [0.4, 0.5) is 10.5 Å². The van der Waals surface area contributed by atoms with E-state index in [1.165, 1.54) is 11.1 Å². The lowest BCUT2D eigenvalue weighted by atomic mass is 10.1. The van der Waals surface area contributed by atoms with Crippen molar-refractivity contribution in [3.05, 3.63) is 65.2 Å². The van der Waals surface area contributed by atoms with Crippen molar-refractivity contribution < 1.29 is 9.59 Å². The monoisotopic (exact) mass is 337 g/mol. The summed E-state index contributed by atoms with van der Waals surface area (Å²) < 4.78 is 0. The van der Waals surface area contributed by atoms with E-state index in [0.717, 1.165) is 11.3 Å². The van der Waals surface area contributed by atoms with Gasteiger partial charge in [-0.05, 0) is 35.2 Å². The summed E-state index contributed by atoms with van der Waals surface area (Å²) in [6, 6.07) is 15.7. The lowest BCUT2D eigenvalue weighted by Crippen LogP contribution is -2.30. The highest BCUT2D eigenvalue weighted by atomic mass is 16.2. The maximum absolute atomic E-state index is 12.5. The standard InChI is InChI=1S/C20H23N3O2/c1-22(2)19(24)11-10-15-6-5-9-18(12-15)21-20(25)23-13-16-7-3-4-8-17(16)14-23/h3-9,12H,10-11,13-14H2,1-2H3,(H,21,25). The van der Waals surface area contributed by atoms with E-state index >= 15 is 0 Å². The molecular formula is C20H23N3O2. The molecular weight excluding hydrogens is 314 g/mol. The smallest absolute Gasteiger partial charge is 0.322 e. The molecule has 2 aromatic carbocycles. The molecule has 3 rings (SSSR count). The fourth-order valence-electron chi connectivity index (χ4n) is 2.96. The maximum atomic E-state index is 12.5. The second kappa shape index (κ2) is 7.38. The third-order valence-electron chi connectivity index (χ3n) is 4.43. The Labute approximate surface area is 148 Å². The number of hydrogen-bond donors (Lipinski definition) is 1. The number of nitrogens with one attached hydrogen (secondary N) is 1. The molecule has 0 atom stereocenters. The van der Waals surface area contributed by atoms with Crippen molar-refractivity contribution >= 4 is 17.6 Å². The zero-order valence-corrected chi connectivity index (χ0v) is 14.7. The molecule has 1 aliphatic heterocycles. The number of urea groups is 1. The Morgan fingerprint density at radius 2 is 1.72 bits per heavy atom. The zero-order chi connectivity index (χ0) is 17.8. The van der Waals surface area contributed by atoms with Gasteiger partial charge in [0.2, 0.25) is 5.91 Å². The number of benzene rings is 2. The van der Waals surface area contributed by atoms with Crippen LogP contribution in [0.1, 0.15) is 23.1 Å². The summed E-state index contributed by atoms with van der Waals surface area (Å²) >= 11 is 0. The topological polar surface area (TPSA) is 52.7 Å². The van der Waals surface area contributed by atoms with Gasteiger partial charge in [0.25, 0.3) is 0 Å². The molecule has 3 amide bonds. The fourth-order valence-corrected chi connectivity index (χ4v) is 2.96. The Bertz CT molecular complexity index is 761. The van der Waals surface area contributed by atoms with Crippen LogP contribution in [-0.2, 0) is 24.3 Å². The van der Waals surface area contributed by atoms with Crippen molar-refractivity contribution in [2.45, 2.75) is 25.9 Å². The van der Waals surface area contributed by atoms with E-state index in [9.17, 15) is 9.59 Å². The van der Waals surface area contributed by atoms with E-state index in [1.54, 1.807) is 23.9 Å². The molecule has 2 aromatic rings. The van der Waals surface area contributed by atoms with Crippen LogP contribution in [0.15, 0.2) is 48.5 Å². The van der Waals surface area contributed by atoms with Crippen LogP contribution in [0.3, 0.4) is 0 Å². The first-order valence-corrected chi connectivity index (χ1v) is 8.45.